The Kier molecular flexibility index (Phi) is 7.29. The maximum Gasteiger partial charge on any atom is 0.411 e. The third-order valence-corrected chi connectivity index (χ3v) is 8.37. The van der Waals surface area contributed by atoms with Crippen LogP contribution in [0.4, 0.5) is 13.6 Å². The van der Waals surface area contributed by atoms with Crippen LogP contribution in [0.1, 0.15) is 60.7 Å². The summed E-state index contributed by atoms with van der Waals surface area (Å²) in [6.45, 7) is 0.123. The predicted octanol–water partition coefficient (Wildman–Crippen LogP) is 4.92. The van der Waals surface area contributed by atoms with Crippen molar-refractivity contribution in [2.45, 2.75) is 56.3 Å². The Labute approximate surface area is 235 Å². The number of ether oxygens (including phenoxy) is 1. The minimum Gasteiger partial charge on any atom is -0.440 e. The van der Waals surface area contributed by atoms with Crippen LogP contribution in [-0.4, -0.2) is 62.1 Å². The molecule has 0 spiro atoms. The van der Waals surface area contributed by atoms with E-state index in [-0.39, 0.29) is 30.3 Å². The smallest absolute Gasteiger partial charge is 0.411 e. The molecule has 0 bridgehead atoms. The van der Waals surface area contributed by atoms with Gasteiger partial charge in [0.15, 0.2) is 17.3 Å². The van der Waals surface area contributed by atoms with Crippen molar-refractivity contribution in [1.82, 2.24) is 29.3 Å². The van der Waals surface area contributed by atoms with E-state index >= 15 is 4.39 Å². The van der Waals surface area contributed by atoms with Gasteiger partial charge in [-0.05, 0) is 76.0 Å². The highest BCUT2D eigenvalue weighted by atomic mass is 19.2. The number of carbonyl (C=O) groups excluding carboxylic acids is 1. The van der Waals surface area contributed by atoms with E-state index in [9.17, 15) is 14.0 Å². The number of likely N-dealkylation sites (tertiary alicyclic amines) is 1. The maximum absolute atomic E-state index is 15.3. The zero-order valence-corrected chi connectivity index (χ0v) is 23.0. The van der Waals surface area contributed by atoms with Crippen LogP contribution in [0.5, 0.6) is 0 Å². The number of piperidine rings is 1. The number of halogens is 2. The number of nitrogens with one attached hydrogen (secondary N) is 1. The quantitative estimate of drug-likeness (QED) is 0.355. The zero-order valence-electron chi connectivity index (χ0n) is 23.0. The molecule has 214 valence electrons. The summed E-state index contributed by atoms with van der Waals surface area (Å²) in [6, 6.07) is 9.67. The molecule has 1 aromatic carbocycles. The highest BCUT2D eigenvalue weighted by molar-refractivity contribution is 5.71. The summed E-state index contributed by atoms with van der Waals surface area (Å²) in [4.78, 5) is 42.2. The molecule has 0 radical (unpaired) electrons. The molecule has 41 heavy (non-hydrogen) atoms. The fourth-order valence-corrected chi connectivity index (χ4v) is 6.35. The second-order valence-electron chi connectivity index (χ2n) is 11.0. The van der Waals surface area contributed by atoms with Crippen LogP contribution in [0, 0.1) is 11.6 Å². The van der Waals surface area contributed by atoms with Crippen LogP contribution in [0.3, 0.4) is 0 Å². The average Bonchev–Trinajstić information content (AvgIpc) is 3.17. The van der Waals surface area contributed by atoms with Crippen molar-refractivity contribution in [2.24, 2.45) is 0 Å². The van der Waals surface area contributed by atoms with Crippen molar-refractivity contribution in [3.8, 4) is 0 Å². The SMILES string of the molecule is CN(C)C1CN(C(=O)O[C@@H]2CCCCc3cccnc32)[C@@H](c2cccc(F)c2F)CC1n1c(=O)[nH]c2ncccc21. The lowest BCUT2D eigenvalue weighted by molar-refractivity contribution is 0.00609. The summed E-state index contributed by atoms with van der Waals surface area (Å²) < 4.78 is 37.6. The fraction of sp³-hybridized carbons (Fsp3) is 0.400. The first-order valence-electron chi connectivity index (χ1n) is 13.9. The van der Waals surface area contributed by atoms with E-state index < -0.39 is 35.9 Å². The molecule has 11 heteroatoms. The molecule has 1 aliphatic carbocycles. The number of amides is 1. The number of rotatable bonds is 4. The lowest BCUT2D eigenvalue weighted by Gasteiger charge is -2.46. The number of aryl methyl sites for hydroxylation is 1. The highest BCUT2D eigenvalue weighted by Gasteiger charge is 2.44. The average molecular weight is 563 g/mol. The summed E-state index contributed by atoms with van der Waals surface area (Å²) in [5.74, 6) is -2.02. The van der Waals surface area contributed by atoms with Gasteiger partial charge in [-0.3, -0.25) is 19.4 Å². The van der Waals surface area contributed by atoms with Gasteiger partial charge in [0, 0.05) is 30.5 Å². The van der Waals surface area contributed by atoms with Gasteiger partial charge < -0.3 is 9.64 Å². The highest BCUT2D eigenvalue weighted by Crippen LogP contribution is 2.41. The van der Waals surface area contributed by atoms with Gasteiger partial charge >= 0.3 is 11.8 Å². The minimum atomic E-state index is -1.02. The van der Waals surface area contributed by atoms with Gasteiger partial charge in [-0.15, -0.1) is 0 Å². The number of carbonyl (C=O) groups is 1. The molecule has 6 rings (SSSR count). The molecule has 1 fully saturated rings. The van der Waals surface area contributed by atoms with E-state index in [2.05, 4.69) is 15.0 Å². The minimum absolute atomic E-state index is 0.0366. The van der Waals surface area contributed by atoms with Gasteiger partial charge in [0.1, 0.15) is 6.10 Å². The maximum atomic E-state index is 15.3. The van der Waals surface area contributed by atoms with Crippen LogP contribution in [-0.2, 0) is 11.2 Å². The van der Waals surface area contributed by atoms with E-state index in [1.54, 1.807) is 29.1 Å². The van der Waals surface area contributed by atoms with Crippen molar-refractivity contribution in [2.75, 3.05) is 20.6 Å². The van der Waals surface area contributed by atoms with Crippen LogP contribution < -0.4 is 5.69 Å². The van der Waals surface area contributed by atoms with Crippen molar-refractivity contribution < 1.29 is 18.3 Å². The number of benzene rings is 1. The van der Waals surface area contributed by atoms with Gasteiger partial charge in [0.25, 0.3) is 0 Å². The molecule has 3 aromatic heterocycles. The first-order valence-corrected chi connectivity index (χ1v) is 13.9. The number of aromatic nitrogens is 4. The molecule has 0 saturated carbocycles. The lowest BCUT2D eigenvalue weighted by atomic mass is 9.87. The molecular formula is C30H32F2N6O3. The normalized spacial score (nSPS) is 22.9. The Morgan fingerprint density at radius 2 is 1.88 bits per heavy atom. The van der Waals surface area contributed by atoms with E-state index in [1.807, 2.05) is 31.1 Å². The van der Waals surface area contributed by atoms with Crippen molar-refractivity contribution in [3.63, 3.8) is 0 Å². The molecule has 1 N–H and O–H groups in total. The summed E-state index contributed by atoms with van der Waals surface area (Å²) in [6.07, 6.45) is 5.59. The second kappa shape index (κ2) is 11.0. The van der Waals surface area contributed by atoms with Crippen LogP contribution in [0.2, 0.25) is 0 Å². The number of nitrogens with zero attached hydrogens (tertiary/aromatic N) is 5. The molecule has 4 atom stereocenters. The zero-order chi connectivity index (χ0) is 28.7. The molecule has 1 saturated heterocycles. The van der Waals surface area contributed by atoms with Gasteiger partial charge in [0.05, 0.1) is 23.3 Å². The summed E-state index contributed by atoms with van der Waals surface area (Å²) >= 11 is 0. The Morgan fingerprint density at radius 1 is 1.07 bits per heavy atom. The third-order valence-electron chi connectivity index (χ3n) is 8.37. The standard InChI is InChI=1S/C30H32F2N6O3/c1-36(2)24-17-37(30(40)41-25-13-4-3-8-18-9-6-14-33-27(18)25)22(19-10-5-11-20(31)26(19)32)16-23(24)38-21-12-7-15-34-28(21)35-29(38)39/h5-7,9-12,14-15,22-25H,3-4,8,13,16-17H2,1-2H3,(H,34,35,39)/t22-,23?,24?,25-/m1/s1. The van der Waals surface area contributed by atoms with E-state index in [1.165, 1.54) is 17.0 Å². The van der Waals surface area contributed by atoms with Crippen molar-refractivity contribution >= 4 is 17.3 Å². The molecule has 9 nitrogen and oxygen atoms in total. The molecule has 4 aromatic rings. The van der Waals surface area contributed by atoms with Crippen LogP contribution >= 0.6 is 0 Å². The number of fused-ring (bicyclic) bond motifs is 2. The Hall–Kier alpha value is -4.12. The molecule has 4 heterocycles. The third kappa shape index (κ3) is 4.99. The lowest BCUT2D eigenvalue weighted by Crippen LogP contribution is -2.55. The van der Waals surface area contributed by atoms with Crippen molar-refractivity contribution in [3.05, 3.63) is 93.8 Å². The molecule has 2 unspecified atom stereocenters. The molecular weight excluding hydrogens is 530 g/mol. The number of hydrogen-bond acceptors (Lipinski definition) is 6. The predicted molar refractivity (Wildman–Crippen MR) is 148 cm³/mol. The van der Waals surface area contributed by atoms with Gasteiger partial charge in [-0.25, -0.2) is 23.4 Å². The molecule has 2 aliphatic rings. The monoisotopic (exact) mass is 562 g/mol. The number of likely N-dealkylation sites (N-methyl/N-ethyl adjacent to an activating group) is 1. The van der Waals surface area contributed by atoms with Gasteiger partial charge in [0.2, 0.25) is 0 Å². The second-order valence-corrected chi connectivity index (χ2v) is 11.0. The van der Waals surface area contributed by atoms with Crippen LogP contribution in [0.15, 0.2) is 59.7 Å². The number of H-pyrrole nitrogens is 1. The summed E-state index contributed by atoms with van der Waals surface area (Å²) in [5, 5.41) is 0. The topological polar surface area (TPSA) is 96.4 Å². The summed E-state index contributed by atoms with van der Waals surface area (Å²) in [7, 11) is 3.74. The number of pyridine rings is 2. The number of hydrogen-bond donors (Lipinski definition) is 1. The van der Waals surface area contributed by atoms with Crippen LogP contribution in [0.25, 0.3) is 11.2 Å². The first kappa shape index (κ1) is 27.1. The van der Waals surface area contributed by atoms with E-state index in [0.717, 1.165) is 36.6 Å². The first-order chi connectivity index (χ1) is 19.8. The molecule has 1 amide bonds. The Bertz CT molecular complexity index is 1640. The van der Waals surface area contributed by atoms with Crippen molar-refractivity contribution in [1.29, 1.82) is 0 Å². The van der Waals surface area contributed by atoms with E-state index in [0.29, 0.717) is 17.6 Å². The largest absolute Gasteiger partial charge is 0.440 e. The Morgan fingerprint density at radius 3 is 2.71 bits per heavy atom. The van der Waals surface area contributed by atoms with Gasteiger partial charge in [-0.1, -0.05) is 18.2 Å². The summed E-state index contributed by atoms with van der Waals surface area (Å²) in [5.41, 5.74) is 2.51. The fourth-order valence-electron chi connectivity index (χ4n) is 6.35. The Balaban J connectivity index is 1.41. The number of imidazole rings is 1. The molecule has 1 aliphatic heterocycles. The number of aromatic amines is 1. The van der Waals surface area contributed by atoms with Gasteiger partial charge in [-0.2, -0.15) is 0 Å². The van der Waals surface area contributed by atoms with E-state index in [4.69, 9.17) is 4.74 Å².